The lowest BCUT2D eigenvalue weighted by Gasteiger charge is -2.10. The molecule has 0 radical (unpaired) electrons. The summed E-state index contributed by atoms with van der Waals surface area (Å²) in [6.45, 7) is 0. The van der Waals surface area contributed by atoms with Crippen LogP contribution in [0.25, 0.3) is 16.7 Å². The van der Waals surface area contributed by atoms with Crippen LogP contribution in [-0.4, -0.2) is 26.8 Å². The number of benzene rings is 2. The van der Waals surface area contributed by atoms with Gasteiger partial charge in [-0.15, -0.1) is 0 Å². The number of hydrogen-bond acceptors (Lipinski definition) is 8. The number of sulfonamides is 2. The highest BCUT2D eigenvalue weighted by Gasteiger charge is 2.30. The van der Waals surface area contributed by atoms with Crippen molar-refractivity contribution < 1.29 is 16.8 Å². The average molecular weight is 541 g/mol. The minimum Gasteiger partial charge on any atom is -0.263 e. The number of fused-ring (bicyclic) bond motifs is 3. The van der Waals surface area contributed by atoms with Crippen LogP contribution in [0.1, 0.15) is 11.1 Å². The van der Waals surface area contributed by atoms with Crippen molar-refractivity contribution in [2.24, 2.45) is 0 Å². The summed E-state index contributed by atoms with van der Waals surface area (Å²) in [5.74, 6) is 0.245. The highest BCUT2D eigenvalue weighted by molar-refractivity contribution is 7.93. The maximum absolute atomic E-state index is 13.1. The zero-order chi connectivity index (χ0) is 26.9. The molecule has 0 fully saturated rings. The van der Waals surface area contributed by atoms with Crippen LogP contribution in [0.2, 0.25) is 0 Å². The zero-order valence-electron chi connectivity index (χ0n) is 19.3. The normalized spacial score (nSPS) is 12.0. The Bertz CT molecular complexity index is 1770. The van der Waals surface area contributed by atoms with Crippen LogP contribution in [0.3, 0.4) is 0 Å². The number of nitriles is 2. The van der Waals surface area contributed by atoms with Gasteiger partial charge in [0.1, 0.15) is 29.3 Å². The first-order valence-electron chi connectivity index (χ1n) is 10.9. The first kappa shape index (κ1) is 24.6. The van der Waals surface area contributed by atoms with E-state index in [0.29, 0.717) is 22.3 Å². The standard InChI is InChI=1S/C26H16N6O4S2/c27-15-17(16-28)26-22-13-18(37(33,34)31-24-5-1-3-11-29-24)7-9-20(22)21-10-8-19(14-23(21)26)38(35,36)32-25-6-2-4-12-30-25/h1-14H,(H,29,31)(H,30,32). The first-order chi connectivity index (χ1) is 18.2. The molecule has 2 aromatic heterocycles. The van der Waals surface area contributed by atoms with Gasteiger partial charge >= 0.3 is 0 Å². The Morgan fingerprint density at radius 2 is 1.08 bits per heavy atom. The molecule has 0 aliphatic heterocycles. The molecular formula is C26H16N6O4S2. The van der Waals surface area contributed by atoms with Gasteiger partial charge in [-0.25, -0.2) is 26.8 Å². The number of nitrogens with one attached hydrogen (secondary N) is 2. The minimum atomic E-state index is -4.06. The van der Waals surface area contributed by atoms with Crippen molar-refractivity contribution in [2.45, 2.75) is 9.79 Å². The van der Waals surface area contributed by atoms with E-state index in [9.17, 15) is 27.4 Å². The average Bonchev–Trinajstić information content (AvgIpc) is 3.23. The molecule has 0 spiro atoms. The van der Waals surface area contributed by atoms with Crippen LogP contribution in [0.5, 0.6) is 0 Å². The number of rotatable bonds is 6. The molecule has 12 heteroatoms. The van der Waals surface area contributed by atoms with E-state index in [-0.39, 0.29) is 32.6 Å². The van der Waals surface area contributed by atoms with Crippen molar-refractivity contribution in [3.63, 3.8) is 0 Å². The van der Waals surface area contributed by atoms with E-state index in [4.69, 9.17) is 0 Å². The molecule has 186 valence electrons. The fourth-order valence-electron chi connectivity index (χ4n) is 4.06. The first-order valence-corrected chi connectivity index (χ1v) is 13.9. The van der Waals surface area contributed by atoms with Gasteiger partial charge in [0, 0.05) is 18.0 Å². The number of pyridine rings is 2. The van der Waals surface area contributed by atoms with Gasteiger partial charge in [-0.1, -0.05) is 24.3 Å². The van der Waals surface area contributed by atoms with Crippen LogP contribution in [0.15, 0.2) is 101 Å². The number of aromatic nitrogens is 2. The van der Waals surface area contributed by atoms with Gasteiger partial charge in [-0.3, -0.25) is 9.44 Å². The van der Waals surface area contributed by atoms with Crippen molar-refractivity contribution in [1.82, 2.24) is 9.97 Å². The van der Waals surface area contributed by atoms with Crippen LogP contribution in [0.4, 0.5) is 11.6 Å². The summed E-state index contributed by atoms with van der Waals surface area (Å²) in [4.78, 5) is 7.71. The zero-order valence-corrected chi connectivity index (χ0v) is 21.0. The Hall–Kier alpha value is -5.04. The summed E-state index contributed by atoms with van der Waals surface area (Å²) < 4.78 is 57.0. The molecule has 0 atom stereocenters. The van der Waals surface area contributed by atoms with Crippen LogP contribution in [0, 0.1) is 22.7 Å². The molecule has 0 saturated carbocycles. The third kappa shape index (κ3) is 4.46. The van der Waals surface area contributed by atoms with Crippen molar-refractivity contribution in [3.05, 3.63) is 102 Å². The molecule has 5 rings (SSSR count). The van der Waals surface area contributed by atoms with E-state index < -0.39 is 20.0 Å². The molecule has 1 aliphatic rings. The molecule has 2 heterocycles. The fourth-order valence-corrected chi connectivity index (χ4v) is 6.12. The van der Waals surface area contributed by atoms with E-state index in [1.54, 1.807) is 36.4 Å². The van der Waals surface area contributed by atoms with E-state index in [1.807, 2.05) is 12.1 Å². The molecule has 0 amide bonds. The van der Waals surface area contributed by atoms with Gasteiger partial charge in [0.05, 0.1) is 9.79 Å². The maximum Gasteiger partial charge on any atom is 0.263 e. The molecule has 2 N–H and O–H groups in total. The molecule has 38 heavy (non-hydrogen) atoms. The summed E-state index contributed by atoms with van der Waals surface area (Å²) in [6.07, 6.45) is 2.89. The van der Waals surface area contributed by atoms with E-state index in [0.717, 1.165) is 0 Å². The van der Waals surface area contributed by atoms with Crippen molar-refractivity contribution >= 4 is 37.3 Å². The van der Waals surface area contributed by atoms with Crippen molar-refractivity contribution in [1.29, 1.82) is 10.5 Å². The van der Waals surface area contributed by atoms with Crippen LogP contribution >= 0.6 is 0 Å². The molecule has 2 aromatic carbocycles. The second-order valence-corrected chi connectivity index (χ2v) is 11.4. The quantitative estimate of drug-likeness (QED) is 0.306. The topological polar surface area (TPSA) is 166 Å². The van der Waals surface area contributed by atoms with Gasteiger partial charge in [-0.05, 0) is 70.8 Å². The molecular weight excluding hydrogens is 524 g/mol. The predicted molar refractivity (Wildman–Crippen MR) is 139 cm³/mol. The minimum absolute atomic E-state index is 0.118. The SMILES string of the molecule is N#CC(C#N)=C1c2cc(S(=O)(=O)Nc3ccccn3)ccc2-c2ccc(S(=O)(=O)Nc3ccccn3)cc21. The third-order valence-corrected chi connectivity index (χ3v) is 8.42. The largest absolute Gasteiger partial charge is 0.263 e. The van der Waals surface area contributed by atoms with Crippen molar-refractivity contribution in [3.8, 4) is 23.3 Å². The number of hydrogen-bond donors (Lipinski definition) is 2. The fraction of sp³-hybridized carbons (Fsp3) is 0. The Balaban J connectivity index is 1.62. The van der Waals surface area contributed by atoms with E-state index >= 15 is 0 Å². The van der Waals surface area contributed by atoms with Crippen LogP contribution < -0.4 is 9.44 Å². The summed E-state index contributed by atoms with van der Waals surface area (Å²) >= 11 is 0. The Labute approximate surface area is 218 Å². The predicted octanol–water partition coefficient (Wildman–Crippen LogP) is 3.91. The van der Waals surface area contributed by atoms with Gasteiger partial charge in [-0.2, -0.15) is 10.5 Å². The van der Waals surface area contributed by atoms with Gasteiger partial charge < -0.3 is 0 Å². The lowest BCUT2D eigenvalue weighted by molar-refractivity contribution is 0.599. The smallest absolute Gasteiger partial charge is 0.263 e. The van der Waals surface area contributed by atoms with E-state index in [2.05, 4.69) is 19.4 Å². The summed E-state index contributed by atoms with van der Waals surface area (Å²) in [7, 11) is -8.13. The molecule has 1 aliphatic carbocycles. The highest BCUT2D eigenvalue weighted by atomic mass is 32.2. The molecule has 10 nitrogen and oxygen atoms in total. The maximum atomic E-state index is 13.1. The Morgan fingerprint density at radius 3 is 1.45 bits per heavy atom. The van der Waals surface area contributed by atoms with Gasteiger partial charge in [0.25, 0.3) is 20.0 Å². The van der Waals surface area contributed by atoms with Gasteiger partial charge in [0.2, 0.25) is 0 Å². The van der Waals surface area contributed by atoms with E-state index in [1.165, 1.54) is 48.8 Å². The monoisotopic (exact) mass is 540 g/mol. The molecule has 4 aromatic rings. The van der Waals surface area contributed by atoms with Crippen molar-refractivity contribution in [2.75, 3.05) is 9.44 Å². The Morgan fingerprint density at radius 1 is 0.632 bits per heavy atom. The molecule has 0 saturated heterocycles. The highest BCUT2D eigenvalue weighted by Crippen LogP contribution is 2.47. The van der Waals surface area contributed by atoms with Crippen LogP contribution in [-0.2, 0) is 20.0 Å². The lowest BCUT2D eigenvalue weighted by atomic mass is 9.99. The second-order valence-electron chi connectivity index (χ2n) is 8.03. The van der Waals surface area contributed by atoms with Gasteiger partial charge in [0.15, 0.2) is 0 Å². The number of allylic oxidation sites excluding steroid dienone is 1. The summed E-state index contributed by atoms with van der Waals surface area (Å²) in [5, 5.41) is 19.4. The molecule has 0 bridgehead atoms. The molecule has 0 unspecified atom stereocenters. The number of nitrogens with zero attached hydrogens (tertiary/aromatic N) is 4. The lowest BCUT2D eigenvalue weighted by Crippen LogP contribution is -2.14. The summed E-state index contributed by atoms with van der Waals surface area (Å²) in [6, 6.07) is 21.8. The second kappa shape index (κ2) is 9.44. The third-order valence-electron chi connectivity index (χ3n) is 5.71. The summed E-state index contributed by atoms with van der Waals surface area (Å²) in [5.41, 5.74) is 1.59. The number of anilines is 2. The Kier molecular flexibility index (Phi) is 6.12.